The van der Waals surface area contributed by atoms with Gasteiger partial charge in [0.15, 0.2) is 0 Å². The number of pyridine rings is 1. The molecule has 154 valence electrons. The Morgan fingerprint density at radius 3 is 2.66 bits per heavy atom. The predicted octanol–water partition coefficient (Wildman–Crippen LogP) is 3.08. The zero-order chi connectivity index (χ0) is 20.5. The maximum Gasteiger partial charge on any atom is 0.315 e. The van der Waals surface area contributed by atoms with E-state index in [9.17, 15) is 9.59 Å². The van der Waals surface area contributed by atoms with Crippen molar-refractivity contribution in [2.75, 3.05) is 6.61 Å². The van der Waals surface area contributed by atoms with E-state index in [0.717, 1.165) is 17.5 Å². The van der Waals surface area contributed by atoms with Crippen LogP contribution in [0.15, 0.2) is 54.9 Å². The molecule has 29 heavy (non-hydrogen) atoms. The first kappa shape index (κ1) is 20.8. The Bertz CT molecular complexity index is 785. The lowest BCUT2D eigenvalue weighted by atomic mass is 9.98. The number of aliphatic carboxylic acids is 1. The number of ether oxygens (including phenoxy) is 1. The lowest BCUT2D eigenvalue weighted by Crippen LogP contribution is -2.48. The first-order valence-corrected chi connectivity index (χ1v) is 9.94. The van der Waals surface area contributed by atoms with Crippen LogP contribution >= 0.6 is 0 Å². The molecule has 2 aromatic rings. The Morgan fingerprint density at radius 1 is 1.17 bits per heavy atom. The van der Waals surface area contributed by atoms with Gasteiger partial charge in [0.2, 0.25) is 0 Å². The highest BCUT2D eigenvalue weighted by Gasteiger charge is 2.26. The van der Waals surface area contributed by atoms with Crippen molar-refractivity contribution in [3.05, 3.63) is 66.0 Å². The number of nitrogens with one attached hydrogen (secondary N) is 2. The maximum atomic E-state index is 12.6. The third-order valence-electron chi connectivity index (χ3n) is 5.06. The van der Waals surface area contributed by atoms with Crippen molar-refractivity contribution in [2.24, 2.45) is 0 Å². The summed E-state index contributed by atoms with van der Waals surface area (Å²) in [6.07, 6.45) is 5.82. The van der Waals surface area contributed by atoms with Crippen LogP contribution in [0.3, 0.4) is 0 Å². The Balaban J connectivity index is 1.55. The summed E-state index contributed by atoms with van der Waals surface area (Å²) in [5.74, 6) is -0.866. The second-order valence-corrected chi connectivity index (χ2v) is 7.30. The van der Waals surface area contributed by atoms with Crippen molar-refractivity contribution < 1.29 is 19.4 Å². The summed E-state index contributed by atoms with van der Waals surface area (Å²) in [5.41, 5.74) is 2.11. The third kappa shape index (κ3) is 6.87. The number of rotatable bonds is 8. The fraction of sp³-hybridized carbons (Fsp3) is 0.409. The quantitative estimate of drug-likeness (QED) is 0.636. The monoisotopic (exact) mass is 397 g/mol. The highest BCUT2D eigenvalue weighted by Crippen LogP contribution is 2.27. The molecule has 1 fully saturated rings. The van der Waals surface area contributed by atoms with E-state index in [0.29, 0.717) is 25.9 Å². The lowest BCUT2D eigenvalue weighted by molar-refractivity contribution is -0.137. The molecule has 0 saturated carbocycles. The van der Waals surface area contributed by atoms with E-state index in [1.54, 1.807) is 12.4 Å². The average Bonchev–Trinajstić information content (AvgIpc) is 2.73. The van der Waals surface area contributed by atoms with Crippen LogP contribution in [0.2, 0.25) is 0 Å². The molecule has 7 heteroatoms. The van der Waals surface area contributed by atoms with Gasteiger partial charge in [-0.2, -0.15) is 0 Å². The summed E-state index contributed by atoms with van der Waals surface area (Å²) in [5, 5.41) is 15.0. The molecule has 0 radical (unpaired) electrons. The second-order valence-electron chi connectivity index (χ2n) is 7.30. The van der Waals surface area contributed by atoms with Gasteiger partial charge in [-0.3, -0.25) is 9.78 Å². The molecule has 1 aliphatic rings. The van der Waals surface area contributed by atoms with Crippen molar-refractivity contribution in [3.8, 4) is 0 Å². The number of hydrogen-bond acceptors (Lipinski definition) is 4. The van der Waals surface area contributed by atoms with E-state index in [2.05, 4.69) is 15.6 Å². The highest BCUT2D eigenvalue weighted by atomic mass is 16.5. The van der Waals surface area contributed by atoms with Crippen LogP contribution in [-0.4, -0.2) is 40.8 Å². The number of benzene rings is 1. The minimum atomic E-state index is -0.866. The van der Waals surface area contributed by atoms with Gasteiger partial charge in [0.1, 0.15) is 0 Å². The summed E-state index contributed by atoms with van der Waals surface area (Å²) in [4.78, 5) is 27.6. The number of carbonyl (C=O) groups is 2. The van der Waals surface area contributed by atoms with E-state index in [4.69, 9.17) is 9.84 Å². The van der Waals surface area contributed by atoms with E-state index in [-0.39, 0.29) is 30.6 Å². The standard InChI is InChI=1S/C22H27N3O4/c26-21(27)7-6-18(14-16-4-2-1-3-5-16)24-22(28)25-19-10-13-29-20(15-19)17-8-11-23-12-9-17/h1-5,8-9,11-12,18-20H,6-7,10,13-15H2,(H,26,27)(H2,24,25,28). The zero-order valence-corrected chi connectivity index (χ0v) is 16.3. The Kier molecular flexibility index (Phi) is 7.58. The van der Waals surface area contributed by atoms with Crippen LogP contribution in [0.5, 0.6) is 0 Å². The molecule has 3 N–H and O–H groups in total. The van der Waals surface area contributed by atoms with Gasteiger partial charge in [0.05, 0.1) is 6.10 Å². The van der Waals surface area contributed by atoms with Crippen molar-refractivity contribution >= 4 is 12.0 Å². The molecular formula is C22H27N3O4. The van der Waals surface area contributed by atoms with Gasteiger partial charge in [0.25, 0.3) is 0 Å². The van der Waals surface area contributed by atoms with Crippen LogP contribution in [0.1, 0.15) is 42.9 Å². The van der Waals surface area contributed by atoms with E-state index < -0.39 is 5.97 Å². The third-order valence-corrected chi connectivity index (χ3v) is 5.06. The first-order valence-electron chi connectivity index (χ1n) is 9.94. The summed E-state index contributed by atoms with van der Waals surface area (Å²) in [6, 6.07) is 13.1. The van der Waals surface area contributed by atoms with Gasteiger partial charge < -0.3 is 20.5 Å². The molecular weight excluding hydrogens is 370 g/mol. The van der Waals surface area contributed by atoms with Gasteiger partial charge >= 0.3 is 12.0 Å². The number of nitrogens with zero attached hydrogens (tertiary/aromatic N) is 1. The largest absolute Gasteiger partial charge is 0.481 e. The SMILES string of the molecule is O=C(O)CCC(Cc1ccccc1)NC(=O)NC1CCOC(c2ccncc2)C1. The molecule has 2 amide bonds. The summed E-state index contributed by atoms with van der Waals surface area (Å²) in [6.45, 7) is 0.574. The molecule has 1 aromatic carbocycles. The predicted molar refractivity (Wildman–Crippen MR) is 108 cm³/mol. The number of carboxylic acids is 1. The van der Waals surface area contributed by atoms with E-state index in [1.165, 1.54) is 0 Å². The van der Waals surface area contributed by atoms with Gasteiger partial charge in [-0.1, -0.05) is 30.3 Å². The first-order chi connectivity index (χ1) is 14.1. The number of aromatic nitrogens is 1. The maximum absolute atomic E-state index is 12.6. The van der Waals surface area contributed by atoms with Crippen molar-refractivity contribution in [3.63, 3.8) is 0 Å². The van der Waals surface area contributed by atoms with Crippen LogP contribution in [0.25, 0.3) is 0 Å². The molecule has 0 aliphatic carbocycles. The summed E-state index contributed by atoms with van der Waals surface area (Å²) >= 11 is 0. The van der Waals surface area contributed by atoms with Crippen LogP contribution in [0, 0.1) is 0 Å². The number of urea groups is 1. The second kappa shape index (κ2) is 10.6. The number of carboxylic acid groups (broad SMARTS) is 1. The van der Waals surface area contributed by atoms with Gasteiger partial charge in [-0.05, 0) is 48.9 Å². The molecule has 1 saturated heterocycles. The number of hydrogen-bond donors (Lipinski definition) is 3. The molecule has 3 rings (SSSR count). The van der Waals surface area contributed by atoms with Gasteiger partial charge in [0, 0.05) is 37.5 Å². The van der Waals surface area contributed by atoms with E-state index >= 15 is 0 Å². The van der Waals surface area contributed by atoms with Crippen LogP contribution < -0.4 is 10.6 Å². The average molecular weight is 397 g/mol. The molecule has 3 unspecified atom stereocenters. The molecule has 7 nitrogen and oxygen atoms in total. The minimum Gasteiger partial charge on any atom is -0.481 e. The van der Waals surface area contributed by atoms with Crippen LogP contribution in [-0.2, 0) is 16.0 Å². The normalized spacial score (nSPS) is 19.9. The number of carbonyl (C=O) groups excluding carboxylic acids is 1. The van der Waals surface area contributed by atoms with E-state index in [1.807, 2.05) is 42.5 Å². The van der Waals surface area contributed by atoms with Gasteiger partial charge in [-0.15, -0.1) is 0 Å². The molecule has 1 aromatic heterocycles. The Morgan fingerprint density at radius 2 is 1.93 bits per heavy atom. The topological polar surface area (TPSA) is 101 Å². The summed E-state index contributed by atoms with van der Waals surface area (Å²) in [7, 11) is 0. The Labute approximate surface area is 170 Å². The Hall–Kier alpha value is -2.93. The molecule has 0 bridgehead atoms. The summed E-state index contributed by atoms with van der Waals surface area (Å²) < 4.78 is 5.84. The molecule has 3 atom stereocenters. The number of amides is 2. The fourth-order valence-electron chi connectivity index (χ4n) is 3.57. The van der Waals surface area contributed by atoms with Crippen molar-refractivity contribution in [2.45, 2.75) is 50.3 Å². The smallest absolute Gasteiger partial charge is 0.315 e. The molecule has 0 spiro atoms. The minimum absolute atomic E-state index is 0.00114. The van der Waals surface area contributed by atoms with Gasteiger partial charge in [-0.25, -0.2) is 4.79 Å². The molecule has 2 heterocycles. The lowest BCUT2D eigenvalue weighted by Gasteiger charge is -2.31. The molecule has 1 aliphatic heterocycles. The zero-order valence-electron chi connectivity index (χ0n) is 16.3. The van der Waals surface area contributed by atoms with Crippen molar-refractivity contribution in [1.82, 2.24) is 15.6 Å². The van der Waals surface area contributed by atoms with Crippen LogP contribution in [0.4, 0.5) is 4.79 Å². The van der Waals surface area contributed by atoms with Crippen molar-refractivity contribution in [1.29, 1.82) is 0 Å². The fourth-order valence-corrected chi connectivity index (χ4v) is 3.57. The highest BCUT2D eigenvalue weighted by molar-refractivity contribution is 5.74.